The van der Waals surface area contributed by atoms with Crippen LogP contribution in [0.25, 0.3) is 5.76 Å². The van der Waals surface area contributed by atoms with Crippen molar-refractivity contribution in [2.45, 2.75) is 45.3 Å². The first kappa shape index (κ1) is 24.6. The van der Waals surface area contributed by atoms with E-state index in [1.807, 2.05) is 80.6 Å². The number of rotatable bonds is 8. The number of benzene rings is 3. The Morgan fingerprint density at radius 3 is 2.54 bits per heavy atom. The third-order valence-corrected chi connectivity index (χ3v) is 6.86. The molecule has 2 atom stereocenters. The molecule has 6 nitrogen and oxygen atoms in total. The fourth-order valence-electron chi connectivity index (χ4n) is 5.04. The normalized spacial score (nSPS) is 20.1. The van der Waals surface area contributed by atoms with Crippen LogP contribution in [0.3, 0.4) is 0 Å². The Labute approximate surface area is 217 Å². The average molecular weight is 498 g/mol. The number of hydrogen-bond donors (Lipinski definition) is 1. The molecule has 0 saturated carbocycles. The van der Waals surface area contributed by atoms with E-state index >= 15 is 0 Å². The van der Waals surface area contributed by atoms with Gasteiger partial charge in [0.05, 0.1) is 18.2 Å². The van der Waals surface area contributed by atoms with Gasteiger partial charge in [0.1, 0.15) is 23.4 Å². The molecule has 0 bridgehead atoms. The molecule has 190 valence electrons. The molecule has 0 aromatic heterocycles. The molecule has 0 spiro atoms. The highest BCUT2D eigenvalue weighted by molar-refractivity contribution is 6.46. The van der Waals surface area contributed by atoms with Crippen molar-refractivity contribution in [1.82, 2.24) is 4.90 Å². The summed E-state index contributed by atoms with van der Waals surface area (Å²) in [4.78, 5) is 28.2. The summed E-state index contributed by atoms with van der Waals surface area (Å²) in [7, 11) is 0. The number of likely N-dealkylation sites (tertiary alicyclic amines) is 1. The molecule has 1 N–H and O–H groups in total. The number of amides is 1. The maximum Gasteiger partial charge on any atom is 0.295 e. The Balaban J connectivity index is 1.54. The SMILES string of the molecule is CCCOc1ccc([C@H]2C(=C(O)c3ccc4c(c3)C[C@H](C)O4)C(=O)C(=O)N2CCc2ccccc2)cc1. The molecule has 2 aliphatic heterocycles. The van der Waals surface area contributed by atoms with Crippen LogP contribution in [-0.4, -0.2) is 41.0 Å². The zero-order valence-corrected chi connectivity index (χ0v) is 21.1. The second kappa shape index (κ2) is 10.5. The number of ether oxygens (including phenoxy) is 2. The number of fused-ring (bicyclic) bond motifs is 1. The second-order valence-corrected chi connectivity index (χ2v) is 9.60. The van der Waals surface area contributed by atoms with Gasteiger partial charge in [-0.3, -0.25) is 9.59 Å². The Hall–Kier alpha value is -4.06. The number of hydrogen-bond acceptors (Lipinski definition) is 5. The lowest BCUT2D eigenvalue weighted by Crippen LogP contribution is -2.31. The summed E-state index contributed by atoms with van der Waals surface area (Å²) >= 11 is 0. The maximum absolute atomic E-state index is 13.4. The van der Waals surface area contributed by atoms with Crippen molar-refractivity contribution >= 4 is 17.4 Å². The molecule has 1 fully saturated rings. The van der Waals surface area contributed by atoms with Crippen LogP contribution in [0.15, 0.2) is 78.4 Å². The van der Waals surface area contributed by atoms with Gasteiger partial charge in [0, 0.05) is 18.5 Å². The van der Waals surface area contributed by atoms with Crippen LogP contribution in [0.4, 0.5) is 0 Å². The van der Waals surface area contributed by atoms with Gasteiger partial charge in [0.25, 0.3) is 11.7 Å². The van der Waals surface area contributed by atoms with E-state index in [9.17, 15) is 14.7 Å². The molecule has 0 unspecified atom stereocenters. The van der Waals surface area contributed by atoms with Crippen LogP contribution in [0.5, 0.6) is 11.5 Å². The molecular formula is C31H31NO5. The highest BCUT2D eigenvalue weighted by atomic mass is 16.5. The van der Waals surface area contributed by atoms with Gasteiger partial charge in [-0.05, 0) is 66.8 Å². The van der Waals surface area contributed by atoms with Gasteiger partial charge < -0.3 is 19.5 Å². The molecule has 1 amide bonds. The van der Waals surface area contributed by atoms with Gasteiger partial charge in [-0.25, -0.2) is 0 Å². The van der Waals surface area contributed by atoms with Gasteiger partial charge >= 0.3 is 0 Å². The number of aliphatic hydroxyl groups excluding tert-OH is 1. The number of aliphatic hydroxyl groups is 1. The molecule has 3 aromatic carbocycles. The number of Topliss-reactive ketones (excluding diaryl/α,β-unsaturated/α-hetero) is 1. The first-order chi connectivity index (χ1) is 18.0. The highest BCUT2D eigenvalue weighted by Crippen LogP contribution is 2.41. The van der Waals surface area contributed by atoms with Crippen LogP contribution >= 0.6 is 0 Å². The van der Waals surface area contributed by atoms with Crippen molar-refractivity contribution in [3.63, 3.8) is 0 Å². The van der Waals surface area contributed by atoms with Gasteiger partial charge in [-0.1, -0.05) is 49.4 Å². The van der Waals surface area contributed by atoms with E-state index in [1.165, 1.54) is 0 Å². The second-order valence-electron chi connectivity index (χ2n) is 9.60. The standard InChI is InChI=1S/C31H31NO5/c1-3-17-36-25-12-9-22(10-13-25)28-27(29(33)23-11-14-26-24(19-23)18-20(2)37-26)30(34)31(35)32(28)16-15-21-7-5-4-6-8-21/h4-14,19-20,28,33H,3,15-18H2,1-2H3/t20-,28-/m0/s1. The lowest BCUT2D eigenvalue weighted by atomic mass is 9.94. The third kappa shape index (κ3) is 4.96. The highest BCUT2D eigenvalue weighted by Gasteiger charge is 2.46. The van der Waals surface area contributed by atoms with Crippen molar-refractivity contribution in [2.24, 2.45) is 0 Å². The fourth-order valence-corrected chi connectivity index (χ4v) is 5.04. The van der Waals surface area contributed by atoms with E-state index < -0.39 is 17.7 Å². The van der Waals surface area contributed by atoms with Crippen molar-refractivity contribution in [3.05, 3.63) is 101 Å². The summed E-state index contributed by atoms with van der Waals surface area (Å²) < 4.78 is 11.5. The number of carbonyl (C=O) groups is 2. The Kier molecular flexibility index (Phi) is 6.99. The van der Waals surface area contributed by atoms with Crippen LogP contribution in [0.1, 0.15) is 48.6 Å². The molecule has 2 heterocycles. The van der Waals surface area contributed by atoms with Crippen molar-refractivity contribution < 1.29 is 24.2 Å². The summed E-state index contributed by atoms with van der Waals surface area (Å²) in [5.74, 6) is 0.0595. The van der Waals surface area contributed by atoms with E-state index in [-0.39, 0.29) is 17.4 Å². The Bertz CT molecular complexity index is 1330. The predicted molar refractivity (Wildman–Crippen MR) is 142 cm³/mol. The summed E-state index contributed by atoms with van der Waals surface area (Å²) in [6.07, 6.45) is 2.27. The van der Waals surface area contributed by atoms with Gasteiger partial charge in [-0.2, -0.15) is 0 Å². The van der Waals surface area contributed by atoms with E-state index in [4.69, 9.17) is 9.47 Å². The Morgan fingerprint density at radius 1 is 1.05 bits per heavy atom. The lowest BCUT2D eigenvalue weighted by molar-refractivity contribution is -0.139. The minimum absolute atomic E-state index is 0.0596. The Morgan fingerprint density at radius 2 is 1.81 bits per heavy atom. The fraction of sp³-hybridized carbons (Fsp3) is 0.290. The molecule has 5 rings (SSSR count). The van der Waals surface area contributed by atoms with E-state index in [0.29, 0.717) is 25.1 Å². The zero-order chi connectivity index (χ0) is 25.9. The van der Waals surface area contributed by atoms with E-state index in [1.54, 1.807) is 11.0 Å². The molecule has 3 aromatic rings. The van der Waals surface area contributed by atoms with E-state index in [0.717, 1.165) is 41.0 Å². The van der Waals surface area contributed by atoms with Crippen LogP contribution < -0.4 is 9.47 Å². The van der Waals surface area contributed by atoms with Gasteiger partial charge in [0.2, 0.25) is 0 Å². The predicted octanol–water partition coefficient (Wildman–Crippen LogP) is 5.46. The number of ketones is 1. The van der Waals surface area contributed by atoms with Crippen molar-refractivity contribution in [3.8, 4) is 11.5 Å². The molecular weight excluding hydrogens is 466 g/mol. The molecule has 37 heavy (non-hydrogen) atoms. The summed E-state index contributed by atoms with van der Waals surface area (Å²) in [5, 5.41) is 11.4. The maximum atomic E-state index is 13.4. The van der Waals surface area contributed by atoms with Crippen molar-refractivity contribution in [2.75, 3.05) is 13.2 Å². The van der Waals surface area contributed by atoms with Crippen LogP contribution in [0.2, 0.25) is 0 Å². The smallest absolute Gasteiger partial charge is 0.295 e. The summed E-state index contributed by atoms with van der Waals surface area (Å²) in [5.41, 5.74) is 3.40. The van der Waals surface area contributed by atoms with Crippen molar-refractivity contribution in [1.29, 1.82) is 0 Å². The minimum atomic E-state index is -0.702. The number of nitrogens with zero attached hydrogens (tertiary/aromatic N) is 1. The first-order valence-corrected chi connectivity index (χ1v) is 12.8. The third-order valence-electron chi connectivity index (χ3n) is 6.86. The molecule has 1 saturated heterocycles. The van der Waals surface area contributed by atoms with Gasteiger partial charge in [-0.15, -0.1) is 0 Å². The van der Waals surface area contributed by atoms with Crippen LogP contribution in [-0.2, 0) is 22.4 Å². The topological polar surface area (TPSA) is 76.1 Å². The largest absolute Gasteiger partial charge is 0.507 e. The summed E-state index contributed by atoms with van der Waals surface area (Å²) in [6.45, 7) is 4.99. The summed E-state index contributed by atoms with van der Waals surface area (Å²) in [6, 6.07) is 22.0. The quantitative estimate of drug-likeness (QED) is 0.254. The molecule has 0 aliphatic carbocycles. The van der Waals surface area contributed by atoms with E-state index in [2.05, 4.69) is 0 Å². The van der Waals surface area contributed by atoms with Gasteiger partial charge in [0.15, 0.2) is 0 Å². The average Bonchev–Trinajstić information content (AvgIpc) is 3.42. The molecule has 2 aliphatic rings. The molecule has 0 radical (unpaired) electrons. The molecule has 6 heteroatoms. The number of carbonyl (C=O) groups excluding carboxylic acids is 2. The van der Waals surface area contributed by atoms with Crippen LogP contribution in [0, 0.1) is 0 Å². The minimum Gasteiger partial charge on any atom is -0.507 e. The zero-order valence-electron chi connectivity index (χ0n) is 21.1. The lowest BCUT2D eigenvalue weighted by Gasteiger charge is -2.25. The first-order valence-electron chi connectivity index (χ1n) is 12.8. The monoisotopic (exact) mass is 497 g/mol.